The van der Waals surface area contributed by atoms with E-state index in [-0.39, 0.29) is 5.91 Å². The Kier molecular flexibility index (Phi) is 6.20. The minimum absolute atomic E-state index is 0.149. The Hall–Kier alpha value is -2.72. The van der Waals surface area contributed by atoms with Gasteiger partial charge < -0.3 is 10.1 Å². The van der Waals surface area contributed by atoms with E-state index in [1.165, 1.54) is 24.0 Å². The number of hydrogen-bond acceptors (Lipinski definition) is 3. The summed E-state index contributed by atoms with van der Waals surface area (Å²) in [6.45, 7) is 1.79. The fraction of sp³-hybridized carbons (Fsp3) is 0.240. The number of nitrogens with one attached hydrogen (secondary N) is 1. The van der Waals surface area contributed by atoms with Crippen LogP contribution in [0.1, 0.15) is 30.9 Å². The normalized spacial score (nSPS) is 14.0. The van der Waals surface area contributed by atoms with Gasteiger partial charge in [-0.2, -0.15) is 0 Å². The topological polar surface area (TPSA) is 38.3 Å². The maximum absolute atomic E-state index is 12.8. The molecule has 0 aromatic heterocycles. The van der Waals surface area contributed by atoms with Gasteiger partial charge in [-0.3, -0.25) is 4.79 Å². The molecular weight excluding hydrogens is 378 g/mol. The molecule has 0 fully saturated rings. The molecule has 1 N–H and O–H groups in total. The molecule has 0 bridgehead atoms. The fourth-order valence-corrected chi connectivity index (χ4v) is 4.47. The van der Waals surface area contributed by atoms with Crippen molar-refractivity contribution < 1.29 is 9.53 Å². The van der Waals surface area contributed by atoms with E-state index in [0.29, 0.717) is 0 Å². The molecular formula is C25H25NO2S. The second kappa shape index (κ2) is 9.19. The molecule has 4 heteroatoms. The van der Waals surface area contributed by atoms with Gasteiger partial charge in [0, 0.05) is 9.79 Å². The lowest BCUT2D eigenvalue weighted by atomic mass is 9.92. The van der Waals surface area contributed by atoms with Crippen LogP contribution in [0.2, 0.25) is 0 Å². The average Bonchev–Trinajstić information content (AvgIpc) is 2.75. The van der Waals surface area contributed by atoms with E-state index in [1.54, 1.807) is 18.7 Å². The number of aryl methyl sites for hydroxylation is 2. The van der Waals surface area contributed by atoms with E-state index in [2.05, 4.69) is 29.6 Å². The summed E-state index contributed by atoms with van der Waals surface area (Å²) < 4.78 is 5.95. The molecule has 0 saturated heterocycles. The predicted octanol–water partition coefficient (Wildman–Crippen LogP) is 6.12. The third-order valence-corrected chi connectivity index (χ3v) is 6.20. The summed E-state index contributed by atoms with van der Waals surface area (Å²) in [5.41, 5.74) is 3.56. The summed E-state index contributed by atoms with van der Waals surface area (Å²) in [6.07, 6.45) is 4.14. The fourth-order valence-electron chi connectivity index (χ4n) is 3.55. The van der Waals surface area contributed by atoms with Gasteiger partial charge in [0.1, 0.15) is 5.75 Å². The van der Waals surface area contributed by atoms with Crippen LogP contribution in [-0.2, 0) is 17.6 Å². The minimum Gasteiger partial charge on any atom is -0.481 e. The first-order valence-corrected chi connectivity index (χ1v) is 10.9. The summed E-state index contributed by atoms with van der Waals surface area (Å²) in [5, 5.41) is 3.03. The number of rotatable bonds is 6. The summed E-state index contributed by atoms with van der Waals surface area (Å²) in [6, 6.07) is 24.2. The van der Waals surface area contributed by atoms with Crippen LogP contribution in [0.3, 0.4) is 0 Å². The van der Waals surface area contributed by atoms with Gasteiger partial charge in [0.25, 0.3) is 5.91 Å². The highest BCUT2D eigenvalue weighted by atomic mass is 32.2. The van der Waals surface area contributed by atoms with Crippen molar-refractivity contribution in [2.24, 2.45) is 0 Å². The summed E-state index contributed by atoms with van der Waals surface area (Å²) in [5.74, 6) is 0.615. The number of anilines is 1. The number of amides is 1. The van der Waals surface area contributed by atoms with E-state index >= 15 is 0 Å². The van der Waals surface area contributed by atoms with Gasteiger partial charge in [0.15, 0.2) is 6.10 Å². The van der Waals surface area contributed by atoms with Crippen molar-refractivity contribution in [3.05, 3.63) is 83.9 Å². The lowest BCUT2D eigenvalue weighted by Gasteiger charge is -2.19. The molecule has 4 rings (SSSR count). The number of hydrogen-bond donors (Lipinski definition) is 1. The molecule has 0 heterocycles. The van der Waals surface area contributed by atoms with Gasteiger partial charge in [-0.1, -0.05) is 48.2 Å². The highest BCUT2D eigenvalue weighted by molar-refractivity contribution is 7.99. The molecule has 148 valence electrons. The van der Waals surface area contributed by atoms with Crippen molar-refractivity contribution in [2.45, 2.75) is 48.5 Å². The third kappa shape index (κ3) is 5.01. The summed E-state index contributed by atoms with van der Waals surface area (Å²) in [7, 11) is 0. The summed E-state index contributed by atoms with van der Waals surface area (Å²) in [4.78, 5) is 14.9. The largest absolute Gasteiger partial charge is 0.481 e. The minimum atomic E-state index is -0.577. The van der Waals surface area contributed by atoms with Crippen molar-refractivity contribution in [2.75, 3.05) is 5.32 Å². The zero-order valence-electron chi connectivity index (χ0n) is 16.6. The van der Waals surface area contributed by atoms with E-state index in [0.717, 1.165) is 34.1 Å². The Bertz CT molecular complexity index is 987. The molecule has 1 aliphatic rings. The van der Waals surface area contributed by atoms with E-state index in [4.69, 9.17) is 4.74 Å². The Morgan fingerprint density at radius 1 is 0.931 bits per heavy atom. The van der Waals surface area contributed by atoms with Gasteiger partial charge in [0.2, 0.25) is 0 Å². The molecule has 0 aliphatic heterocycles. The number of carbonyl (C=O) groups excluding carboxylic acids is 1. The number of carbonyl (C=O) groups is 1. The zero-order chi connectivity index (χ0) is 20.1. The molecule has 1 amide bonds. The molecule has 3 nitrogen and oxygen atoms in total. The van der Waals surface area contributed by atoms with E-state index in [9.17, 15) is 4.79 Å². The Morgan fingerprint density at radius 2 is 1.66 bits per heavy atom. The van der Waals surface area contributed by atoms with Crippen LogP contribution in [-0.4, -0.2) is 12.0 Å². The maximum atomic E-state index is 12.8. The Labute approximate surface area is 176 Å². The molecule has 29 heavy (non-hydrogen) atoms. The van der Waals surface area contributed by atoms with Gasteiger partial charge >= 0.3 is 0 Å². The lowest BCUT2D eigenvalue weighted by molar-refractivity contribution is -0.122. The number of para-hydroxylation sites is 1. The van der Waals surface area contributed by atoms with Crippen LogP contribution in [0.15, 0.2) is 82.6 Å². The van der Waals surface area contributed by atoms with Gasteiger partial charge in [-0.25, -0.2) is 0 Å². The summed E-state index contributed by atoms with van der Waals surface area (Å²) >= 11 is 1.63. The first kappa shape index (κ1) is 19.6. The van der Waals surface area contributed by atoms with Crippen LogP contribution >= 0.6 is 11.8 Å². The Balaban J connectivity index is 1.43. The first-order valence-electron chi connectivity index (χ1n) is 10.1. The zero-order valence-corrected chi connectivity index (χ0v) is 17.4. The number of benzene rings is 3. The SMILES string of the molecule is CC(Oc1ccc2c(c1)CCCC2)C(=O)Nc1ccccc1Sc1ccccc1. The van der Waals surface area contributed by atoms with Crippen molar-refractivity contribution in [3.63, 3.8) is 0 Å². The molecule has 3 aromatic carbocycles. The van der Waals surface area contributed by atoms with Crippen molar-refractivity contribution in [1.29, 1.82) is 0 Å². The number of ether oxygens (including phenoxy) is 1. The molecule has 3 aromatic rings. The van der Waals surface area contributed by atoms with Crippen LogP contribution in [0.4, 0.5) is 5.69 Å². The van der Waals surface area contributed by atoms with Crippen LogP contribution in [0.25, 0.3) is 0 Å². The smallest absolute Gasteiger partial charge is 0.265 e. The second-order valence-electron chi connectivity index (χ2n) is 7.30. The van der Waals surface area contributed by atoms with Crippen molar-refractivity contribution in [1.82, 2.24) is 0 Å². The van der Waals surface area contributed by atoms with Gasteiger partial charge in [0.05, 0.1) is 5.69 Å². The quantitative estimate of drug-likeness (QED) is 0.539. The molecule has 1 aliphatic carbocycles. The average molecular weight is 404 g/mol. The predicted molar refractivity (Wildman–Crippen MR) is 119 cm³/mol. The van der Waals surface area contributed by atoms with Crippen LogP contribution in [0, 0.1) is 0 Å². The molecule has 0 radical (unpaired) electrons. The number of fused-ring (bicyclic) bond motifs is 1. The monoisotopic (exact) mass is 403 g/mol. The third-order valence-electron chi connectivity index (χ3n) is 5.12. The Morgan fingerprint density at radius 3 is 2.48 bits per heavy atom. The van der Waals surface area contributed by atoms with Gasteiger partial charge in [-0.05, 0) is 80.1 Å². The van der Waals surface area contributed by atoms with Gasteiger partial charge in [-0.15, -0.1) is 0 Å². The lowest BCUT2D eigenvalue weighted by Crippen LogP contribution is -2.30. The highest BCUT2D eigenvalue weighted by Gasteiger charge is 2.18. The maximum Gasteiger partial charge on any atom is 0.265 e. The molecule has 0 spiro atoms. The van der Waals surface area contributed by atoms with Crippen molar-refractivity contribution >= 4 is 23.4 Å². The van der Waals surface area contributed by atoms with Crippen LogP contribution in [0.5, 0.6) is 5.75 Å². The van der Waals surface area contributed by atoms with Crippen LogP contribution < -0.4 is 10.1 Å². The standard InChI is InChI=1S/C25H25NO2S/c1-18(28-21-16-15-19-9-5-6-10-20(19)17-21)25(27)26-23-13-7-8-14-24(23)29-22-11-3-2-4-12-22/h2-4,7-8,11-18H,5-6,9-10H2,1H3,(H,26,27). The van der Waals surface area contributed by atoms with Crippen molar-refractivity contribution in [3.8, 4) is 5.75 Å². The second-order valence-corrected chi connectivity index (χ2v) is 8.41. The molecule has 1 unspecified atom stereocenters. The molecule has 0 saturated carbocycles. The first-order chi connectivity index (χ1) is 14.2. The molecule has 1 atom stereocenters. The van der Waals surface area contributed by atoms with E-state index < -0.39 is 6.10 Å². The highest BCUT2D eigenvalue weighted by Crippen LogP contribution is 2.33. The van der Waals surface area contributed by atoms with E-state index in [1.807, 2.05) is 48.5 Å².